The van der Waals surface area contributed by atoms with E-state index in [1.165, 1.54) is 11.2 Å². The molecule has 1 aliphatic heterocycles. The molecule has 2 aromatic rings. The molecule has 0 bridgehead atoms. The molecule has 1 aromatic heterocycles. The maximum Gasteiger partial charge on any atom is 0.249 e. The lowest BCUT2D eigenvalue weighted by Crippen LogP contribution is -2.42. The van der Waals surface area contributed by atoms with Gasteiger partial charge < -0.3 is 10.2 Å². The quantitative estimate of drug-likeness (QED) is 0.833. The average molecular weight is 379 g/mol. The van der Waals surface area contributed by atoms with Gasteiger partial charge in [0, 0.05) is 18.7 Å². The standard InChI is InChI=1S/C18H26N6O.ClH/c1-14(18(25)23-12-9-15(10-13-23)8-11-19-2)24-21-17(20-22-24)16-6-4-3-5-7-16;/h3-7,14-15,19H,8-13H2,1-2H3;1H. The average Bonchev–Trinajstić information content (AvgIpc) is 3.16. The van der Waals surface area contributed by atoms with Crippen molar-refractivity contribution >= 4 is 18.3 Å². The molecule has 142 valence electrons. The molecule has 3 rings (SSSR count). The third kappa shape index (κ3) is 4.80. The second-order valence-electron chi connectivity index (χ2n) is 6.64. The van der Waals surface area contributed by atoms with Crippen LogP contribution in [0, 0.1) is 5.92 Å². The van der Waals surface area contributed by atoms with Crippen molar-refractivity contribution in [2.45, 2.75) is 32.2 Å². The minimum atomic E-state index is -0.432. The van der Waals surface area contributed by atoms with Gasteiger partial charge in [-0.2, -0.15) is 4.80 Å². The predicted octanol–water partition coefficient (Wildman–Crippen LogP) is 2.17. The number of aromatic nitrogens is 4. The number of carbonyl (C=O) groups is 1. The molecule has 1 aliphatic rings. The Kier molecular flexibility index (Phi) is 7.53. The van der Waals surface area contributed by atoms with Crippen molar-refractivity contribution in [3.63, 3.8) is 0 Å². The lowest BCUT2D eigenvalue weighted by Gasteiger charge is -2.33. The number of likely N-dealkylation sites (tertiary alicyclic amines) is 1. The fourth-order valence-electron chi connectivity index (χ4n) is 3.25. The van der Waals surface area contributed by atoms with E-state index in [9.17, 15) is 4.79 Å². The van der Waals surface area contributed by atoms with Gasteiger partial charge in [0.05, 0.1) is 0 Å². The molecule has 0 spiro atoms. The Bertz CT molecular complexity index is 684. The van der Waals surface area contributed by atoms with Crippen LogP contribution in [-0.4, -0.2) is 57.7 Å². The number of hydrogen-bond acceptors (Lipinski definition) is 5. The smallest absolute Gasteiger partial charge is 0.249 e. The summed E-state index contributed by atoms with van der Waals surface area (Å²) in [5.41, 5.74) is 0.902. The number of nitrogens with zero attached hydrogens (tertiary/aromatic N) is 5. The van der Waals surface area contributed by atoms with Crippen LogP contribution in [0.25, 0.3) is 11.4 Å². The first-order valence-electron chi connectivity index (χ1n) is 8.97. The van der Waals surface area contributed by atoms with Crippen molar-refractivity contribution in [2.24, 2.45) is 5.92 Å². The number of benzene rings is 1. The summed E-state index contributed by atoms with van der Waals surface area (Å²) in [4.78, 5) is 16.1. The molecule has 8 heteroatoms. The zero-order valence-electron chi connectivity index (χ0n) is 15.3. The summed E-state index contributed by atoms with van der Waals surface area (Å²) in [6.45, 7) is 4.52. The van der Waals surface area contributed by atoms with E-state index < -0.39 is 6.04 Å². The maximum absolute atomic E-state index is 12.7. The van der Waals surface area contributed by atoms with Gasteiger partial charge in [-0.1, -0.05) is 30.3 Å². The minimum absolute atomic E-state index is 0. The van der Waals surface area contributed by atoms with Crippen molar-refractivity contribution in [1.29, 1.82) is 0 Å². The van der Waals surface area contributed by atoms with Crippen LogP contribution < -0.4 is 5.32 Å². The highest BCUT2D eigenvalue weighted by molar-refractivity contribution is 5.85. The first-order valence-corrected chi connectivity index (χ1v) is 8.97. The van der Waals surface area contributed by atoms with Gasteiger partial charge in [0.25, 0.3) is 0 Å². The predicted molar refractivity (Wildman–Crippen MR) is 103 cm³/mol. The fourth-order valence-corrected chi connectivity index (χ4v) is 3.25. The van der Waals surface area contributed by atoms with E-state index in [-0.39, 0.29) is 18.3 Å². The monoisotopic (exact) mass is 378 g/mol. The van der Waals surface area contributed by atoms with Crippen LogP contribution in [0.5, 0.6) is 0 Å². The van der Waals surface area contributed by atoms with Gasteiger partial charge in [-0.05, 0) is 50.9 Å². The summed E-state index contributed by atoms with van der Waals surface area (Å²) in [7, 11) is 1.98. The van der Waals surface area contributed by atoms with Crippen molar-refractivity contribution in [3.8, 4) is 11.4 Å². The van der Waals surface area contributed by atoms with Crippen molar-refractivity contribution in [1.82, 2.24) is 30.4 Å². The molecule has 2 heterocycles. The molecule has 1 aromatic carbocycles. The zero-order chi connectivity index (χ0) is 17.6. The number of halogens is 1. The molecule has 1 atom stereocenters. The molecule has 0 saturated carbocycles. The number of hydrogen-bond donors (Lipinski definition) is 1. The molecule has 0 radical (unpaired) electrons. The summed E-state index contributed by atoms with van der Waals surface area (Å²) in [5, 5.41) is 15.8. The number of amides is 1. The van der Waals surface area contributed by atoms with Gasteiger partial charge in [-0.3, -0.25) is 4.79 Å². The lowest BCUT2D eigenvalue weighted by atomic mass is 9.93. The van der Waals surface area contributed by atoms with E-state index in [0.717, 1.165) is 38.0 Å². The minimum Gasteiger partial charge on any atom is -0.341 e. The van der Waals surface area contributed by atoms with Gasteiger partial charge >= 0.3 is 0 Å². The summed E-state index contributed by atoms with van der Waals surface area (Å²) in [6.07, 6.45) is 3.32. The largest absolute Gasteiger partial charge is 0.341 e. The Morgan fingerprint density at radius 1 is 1.27 bits per heavy atom. The van der Waals surface area contributed by atoms with Crippen LogP contribution in [0.1, 0.15) is 32.2 Å². The van der Waals surface area contributed by atoms with Crippen molar-refractivity contribution in [3.05, 3.63) is 30.3 Å². The van der Waals surface area contributed by atoms with Crippen LogP contribution in [0.4, 0.5) is 0 Å². The number of tetrazole rings is 1. The van der Waals surface area contributed by atoms with E-state index in [1.54, 1.807) is 0 Å². The van der Waals surface area contributed by atoms with Gasteiger partial charge in [-0.15, -0.1) is 22.6 Å². The summed E-state index contributed by atoms with van der Waals surface area (Å²) in [6, 6.07) is 9.25. The fraction of sp³-hybridized carbons (Fsp3) is 0.556. The third-order valence-corrected chi connectivity index (χ3v) is 4.89. The molecule has 1 saturated heterocycles. The topological polar surface area (TPSA) is 75.9 Å². The number of piperidine rings is 1. The summed E-state index contributed by atoms with van der Waals surface area (Å²) in [5.74, 6) is 1.33. The second-order valence-corrected chi connectivity index (χ2v) is 6.64. The third-order valence-electron chi connectivity index (χ3n) is 4.89. The van der Waals surface area contributed by atoms with E-state index >= 15 is 0 Å². The lowest BCUT2D eigenvalue weighted by molar-refractivity contribution is -0.136. The van der Waals surface area contributed by atoms with Crippen LogP contribution in [0.3, 0.4) is 0 Å². The van der Waals surface area contributed by atoms with Crippen molar-refractivity contribution in [2.75, 3.05) is 26.7 Å². The Morgan fingerprint density at radius 2 is 1.96 bits per heavy atom. The van der Waals surface area contributed by atoms with Gasteiger partial charge in [0.15, 0.2) is 0 Å². The Morgan fingerprint density at radius 3 is 2.62 bits per heavy atom. The molecule has 1 fully saturated rings. The highest BCUT2D eigenvalue weighted by Gasteiger charge is 2.28. The van der Waals surface area contributed by atoms with Crippen LogP contribution in [0.15, 0.2) is 30.3 Å². The number of nitrogens with one attached hydrogen (secondary N) is 1. The zero-order valence-corrected chi connectivity index (χ0v) is 16.2. The molecule has 0 aliphatic carbocycles. The van der Waals surface area contributed by atoms with Gasteiger partial charge in [0.1, 0.15) is 6.04 Å². The molecular weight excluding hydrogens is 352 g/mol. The van der Waals surface area contributed by atoms with Crippen LogP contribution in [-0.2, 0) is 4.79 Å². The first kappa shape index (κ1) is 20.3. The SMILES string of the molecule is CNCCC1CCN(C(=O)C(C)n2nnc(-c3ccccc3)n2)CC1.Cl. The van der Waals surface area contributed by atoms with Gasteiger partial charge in [-0.25, -0.2) is 0 Å². The Balaban J connectivity index is 0.00000243. The normalized spacial score (nSPS) is 16.2. The summed E-state index contributed by atoms with van der Waals surface area (Å²) < 4.78 is 0. The first-order chi connectivity index (χ1) is 12.2. The molecule has 26 heavy (non-hydrogen) atoms. The highest BCUT2D eigenvalue weighted by atomic mass is 35.5. The Labute approximate surface area is 160 Å². The Hall–Kier alpha value is -1.99. The van der Waals surface area contributed by atoms with Crippen LogP contribution >= 0.6 is 12.4 Å². The molecular formula is C18H27ClN6O. The molecule has 7 nitrogen and oxygen atoms in total. The van der Waals surface area contributed by atoms with Gasteiger partial charge in [0.2, 0.25) is 11.7 Å². The summed E-state index contributed by atoms with van der Waals surface area (Å²) >= 11 is 0. The van der Waals surface area contributed by atoms with E-state index in [1.807, 2.05) is 49.2 Å². The van der Waals surface area contributed by atoms with Crippen molar-refractivity contribution < 1.29 is 4.79 Å². The van der Waals surface area contributed by atoms with E-state index in [0.29, 0.717) is 11.7 Å². The molecule has 1 N–H and O–H groups in total. The molecule has 1 amide bonds. The van der Waals surface area contributed by atoms with Crippen LogP contribution in [0.2, 0.25) is 0 Å². The van der Waals surface area contributed by atoms with E-state index in [2.05, 4.69) is 20.7 Å². The molecule has 1 unspecified atom stereocenters. The maximum atomic E-state index is 12.7. The van der Waals surface area contributed by atoms with E-state index in [4.69, 9.17) is 0 Å². The highest BCUT2D eigenvalue weighted by Crippen LogP contribution is 2.22. The number of carbonyl (C=O) groups excluding carboxylic acids is 1. The second kappa shape index (κ2) is 9.64. The number of rotatable bonds is 6.